The monoisotopic (exact) mass is 329 g/mol. The van der Waals surface area contributed by atoms with Crippen LogP contribution in [0.2, 0.25) is 5.15 Å². The topological polar surface area (TPSA) is 41.6 Å². The molecule has 1 N–H and O–H groups in total. The summed E-state index contributed by atoms with van der Waals surface area (Å²) in [7, 11) is 0. The highest BCUT2D eigenvalue weighted by Gasteiger charge is 2.24. The number of rotatable bonds is 4. The summed E-state index contributed by atoms with van der Waals surface area (Å²) in [6, 6.07) is 9.04. The van der Waals surface area contributed by atoms with E-state index in [1.165, 1.54) is 6.07 Å². The van der Waals surface area contributed by atoms with Crippen LogP contribution >= 0.6 is 11.6 Å². The second-order valence-corrected chi connectivity index (χ2v) is 6.08. The number of hydrogen-bond acceptors (Lipinski definition) is 2. The number of benzene rings is 1. The van der Waals surface area contributed by atoms with Gasteiger partial charge in [0.15, 0.2) is 0 Å². The van der Waals surface area contributed by atoms with E-state index in [1.807, 2.05) is 30.5 Å². The van der Waals surface area contributed by atoms with Gasteiger partial charge in [-0.1, -0.05) is 30.7 Å². The van der Waals surface area contributed by atoms with E-state index in [9.17, 15) is 4.39 Å². The second kappa shape index (κ2) is 6.50. The fraction of sp³-hybridized carbons (Fsp3) is 0.222. The smallest absolute Gasteiger partial charge is 0.129 e. The third-order valence-corrected chi connectivity index (χ3v) is 4.37. The molecule has 2 atom stereocenters. The van der Waals surface area contributed by atoms with Gasteiger partial charge in [0, 0.05) is 29.9 Å². The maximum Gasteiger partial charge on any atom is 0.129 e. The lowest BCUT2D eigenvalue weighted by Crippen LogP contribution is -2.11. The average Bonchev–Trinajstić information content (AvgIpc) is 3.05. The minimum atomic E-state index is -0.200. The molecule has 0 fully saturated rings. The zero-order valence-electron chi connectivity index (χ0n) is 12.9. The Morgan fingerprint density at radius 1 is 1.17 bits per heavy atom. The van der Waals surface area contributed by atoms with Crippen molar-refractivity contribution in [1.29, 1.82) is 0 Å². The van der Waals surface area contributed by atoms with Crippen LogP contribution in [0, 0.1) is 12.7 Å². The van der Waals surface area contributed by atoms with Gasteiger partial charge < -0.3 is 4.98 Å². The molecule has 0 saturated carbocycles. The molecule has 23 heavy (non-hydrogen) atoms. The molecular formula is C18H17ClFN3. The summed E-state index contributed by atoms with van der Waals surface area (Å²) in [6.07, 6.45) is 5.18. The molecule has 0 aliphatic carbocycles. The van der Waals surface area contributed by atoms with Crippen molar-refractivity contribution in [2.24, 2.45) is 0 Å². The molecule has 3 aromatic rings. The lowest BCUT2D eigenvalue weighted by atomic mass is 9.80. The molecule has 3 rings (SSSR count). The number of halogens is 2. The summed E-state index contributed by atoms with van der Waals surface area (Å²) in [5.74, 6) is -0.0504. The fourth-order valence-electron chi connectivity index (χ4n) is 2.94. The maximum atomic E-state index is 13.7. The highest BCUT2D eigenvalue weighted by atomic mass is 35.5. The third kappa shape index (κ3) is 3.27. The molecule has 0 bridgehead atoms. The Kier molecular flexibility index (Phi) is 4.44. The van der Waals surface area contributed by atoms with Crippen LogP contribution in [0.5, 0.6) is 0 Å². The standard InChI is InChI=1S/C18H17ClFN3/c1-11-7-13(3-4-15(11)20)18(12(2)16-9-21-10-23-16)14-5-6-22-17(19)8-14/h3-10,12,18H,1-2H3,(H,21,23). The Morgan fingerprint density at radius 2 is 1.96 bits per heavy atom. The van der Waals surface area contributed by atoms with Crippen LogP contribution < -0.4 is 0 Å². The van der Waals surface area contributed by atoms with Gasteiger partial charge in [-0.15, -0.1) is 0 Å². The predicted molar refractivity (Wildman–Crippen MR) is 89.2 cm³/mol. The van der Waals surface area contributed by atoms with Crippen molar-refractivity contribution in [3.8, 4) is 0 Å². The van der Waals surface area contributed by atoms with Gasteiger partial charge in [-0.3, -0.25) is 0 Å². The van der Waals surface area contributed by atoms with Crippen molar-refractivity contribution in [2.45, 2.75) is 25.7 Å². The average molecular weight is 330 g/mol. The SMILES string of the molecule is Cc1cc(C(c2ccnc(Cl)c2)C(C)c2cnc[nH]2)ccc1F. The molecule has 3 nitrogen and oxygen atoms in total. The first-order valence-electron chi connectivity index (χ1n) is 7.42. The van der Waals surface area contributed by atoms with Gasteiger partial charge in [-0.25, -0.2) is 14.4 Å². The van der Waals surface area contributed by atoms with Crippen molar-refractivity contribution in [1.82, 2.24) is 15.0 Å². The van der Waals surface area contributed by atoms with Gasteiger partial charge in [0.1, 0.15) is 11.0 Å². The summed E-state index contributed by atoms with van der Waals surface area (Å²) >= 11 is 6.07. The number of hydrogen-bond donors (Lipinski definition) is 1. The van der Waals surface area contributed by atoms with Crippen molar-refractivity contribution in [3.05, 3.63) is 82.4 Å². The summed E-state index contributed by atoms with van der Waals surface area (Å²) in [4.78, 5) is 11.3. The molecule has 2 unspecified atom stereocenters. The van der Waals surface area contributed by atoms with E-state index in [4.69, 9.17) is 11.6 Å². The molecule has 0 radical (unpaired) electrons. The Hall–Kier alpha value is -2.20. The first-order valence-corrected chi connectivity index (χ1v) is 7.80. The van der Waals surface area contributed by atoms with Crippen LogP contribution in [0.25, 0.3) is 0 Å². The molecule has 0 aliphatic rings. The number of aryl methyl sites for hydroxylation is 1. The quantitative estimate of drug-likeness (QED) is 0.696. The van der Waals surface area contributed by atoms with Crippen LogP contribution in [0.3, 0.4) is 0 Å². The third-order valence-electron chi connectivity index (χ3n) is 4.16. The van der Waals surface area contributed by atoms with E-state index in [-0.39, 0.29) is 17.7 Å². The van der Waals surface area contributed by atoms with E-state index in [0.717, 1.165) is 16.8 Å². The highest BCUT2D eigenvalue weighted by Crippen LogP contribution is 2.38. The minimum Gasteiger partial charge on any atom is -0.348 e. The molecule has 2 aromatic heterocycles. The van der Waals surface area contributed by atoms with Crippen LogP contribution in [-0.4, -0.2) is 15.0 Å². The number of H-pyrrole nitrogens is 1. The normalized spacial score (nSPS) is 13.7. The zero-order valence-corrected chi connectivity index (χ0v) is 13.7. The Balaban J connectivity index is 2.11. The van der Waals surface area contributed by atoms with Crippen LogP contribution in [0.4, 0.5) is 4.39 Å². The Bertz CT molecular complexity index is 802. The van der Waals surface area contributed by atoms with E-state index in [1.54, 1.807) is 19.4 Å². The van der Waals surface area contributed by atoms with Gasteiger partial charge in [0.05, 0.1) is 6.33 Å². The van der Waals surface area contributed by atoms with Crippen LogP contribution in [0.1, 0.15) is 41.1 Å². The first-order chi connectivity index (χ1) is 11.1. The molecule has 0 spiro atoms. The van der Waals surface area contributed by atoms with Crippen molar-refractivity contribution in [3.63, 3.8) is 0 Å². The van der Waals surface area contributed by atoms with Crippen LogP contribution in [-0.2, 0) is 0 Å². The number of nitrogens with zero attached hydrogens (tertiary/aromatic N) is 2. The molecular weight excluding hydrogens is 313 g/mol. The van der Waals surface area contributed by atoms with Crippen molar-refractivity contribution in [2.75, 3.05) is 0 Å². The number of pyridine rings is 1. The number of aromatic nitrogens is 3. The maximum absolute atomic E-state index is 13.7. The molecule has 0 aliphatic heterocycles. The zero-order chi connectivity index (χ0) is 16.4. The Morgan fingerprint density at radius 3 is 2.61 bits per heavy atom. The number of nitrogens with one attached hydrogen (secondary N) is 1. The van der Waals surface area contributed by atoms with E-state index < -0.39 is 0 Å². The predicted octanol–water partition coefficient (Wildman–Crippen LogP) is 4.84. The van der Waals surface area contributed by atoms with E-state index in [0.29, 0.717) is 10.7 Å². The lowest BCUT2D eigenvalue weighted by Gasteiger charge is -2.25. The van der Waals surface area contributed by atoms with E-state index >= 15 is 0 Å². The number of aromatic amines is 1. The molecule has 118 valence electrons. The summed E-state index contributed by atoms with van der Waals surface area (Å²) in [5.41, 5.74) is 3.72. The van der Waals surface area contributed by atoms with Crippen molar-refractivity contribution < 1.29 is 4.39 Å². The Labute approximate surface area is 139 Å². The highest BCUT2D eigenvalue weighted by molar-refractivity contribution is 6.29. The van der Waals surface area contributed by atoms with E-state index in [2.05, 4.69) is 21.9 Å². The second-order valence-electron chi connectivity index (χ2n) is 5.69. The molecule has 1 aromatic carbocycles. The van der Waals surface area contributed by atoms with Crippen molar-refractivity contribution >= 4 is 11.6 Å². The fourth-order valence-corrected chi connectivity index (χ4v) is 3.12. The molecule has 0 saturated heterocycles. The van der Waals surface area contributed by atoms with Crippen LogP contribution in [0.15, 0.2) is 49.1 Å². The van der Waals surface area contributed by atoms with Gasteiger partial charge in [-0.05, 0) is 41.8 Å². The molecule has 5 heteroatoms. The first kappa shape index (κ1) is 15.7. The minimum absolute atomic E-state index is 0.0234. The van der Waals surface area contributed by atoms with Gasteiger partial charge in [0.2, 0.25) is 0 Å². The summed E-state index contributed by atoms with van der Waals surface area (Å²) in [5, 5.41) is 0.447. The molecule has 2 heterocycles. The number of imidazole rings is 1. The lowest BCUT2D eigenvalue weighted by molar-refractivity contribution is 0.609. The van der Waals surface area contributed by atoms with Gasteiger partial charge in [0.25, 0.3) is 0 Å². The van der Waals surface area contributed by atoms with Gasteiger partial charge >= 0.3 is 0 Å². The molecule has 0 amide bonds. The summed E-state index contributed by atoms with van der Waals surface area (Å²) < 4.78 is 13.7. The van der Waals surface area contributed by atoms with Gasteiger partial charge in [-0.2, -0.15) is 0 Å². The summed E-state index contributed by atoms with van der Waals surface area (Å²) in [6.45, 7) is 3.89. The largest absolute Gasteiger partial charge is 0.348 e.